The first-order valence-corrected chi connectivity index (χ1v) is 11.1. The molecule has 0 aliphatic carbocycles. The second-order valence-electron chi connectivity index (χ2n) is 7.51. The Balaban J connectivity index is 2.14. The van der Waals surface area contributed by atoms with Crippen molar-refractivity contribution in [1.82, 2.24) is 4.90 Å². The summed E-state index contributed by atoms with van der Waals surface area (Å²) in [5, 5.41) is 11.5. The molecule has 32 heavy (non-hydrogen) atoms. The van der Waals surface area contributed by atoms with Crippen molar-refractivity contribution in [3.8, 4) is 5.75 Å². The molecular formula is C25H28ClNO5. The Kier molecular flexibility index (Phi) is 7.94. The van der Waals surface area contributed by atoms with Crippen molar-refractivity contribution in [3.63, 3.8) is 0 Å². The third kappa shape index (κ3) is 4.81. The number of aliphatic hydroxyl groups is 1. The number of aryl methyl sites for hydroxylation is 1. The van der Waals surface area contributed by atoms with Gasteiger partial charge in [-0.2, -0.15) is 0 Å². The van der Waals surface area contributed by atoms with Crippen LogP contribution in [0.3, 0.4) is 0 Å². The average Bonchev–Trinajstić information content (AvgIpc) is 3.05. The summed E-state index contributed by atoms with van der Waals surface area (Å²) in [7, 11) is 1.59. The molecule has 7 heteroatoms. The number of benzene rings is 2. The number of amides is 1. The van der Waals surface area contributed by atoms with E-state index in [0.29, 0.717) is 31.9 Å². The van der Waals surface area contributed by atoms with Crippen LogP contribution < -0.4 is 4.74 Å². The van der Waals surface area contributed by atoms with Crippen molar-refractivity contribution in [2.45, 2.75) is 32.7 Å². The van der Waals surface area contributed by atoms with Crippen molar-refractivity contribution in [3.05, 3.63) is 69.8 Å². The van der Waals surface area contributed by atoms with E-state index < -0.39 is 17.7 Å². The van der Waals surface area contributed by atoms with Gasteiger partial charge in [0, 0.05) is 25.8 Å². The Bertz CT molecular complexity index is 1020. The topological polar surface area (TPSA) is 76.1 Å². The Hall–Kier alpha value is -2.83. The second-order valence-corrected chi connectivity index (χ2v) is 7.92. The van der Waals surface area contributed by atoms with Gasteiger partial charge in [-0.15, -0.1) is 0 Å². The van der Waals surface area contributed by atoms with Crippen molar-refractivity contribution in [1.29, 1.82) is 0 Å². The highest BCUT2D eigenvalue weighted by Crippen LogP contribution is 2.41. The number of likely N-dealkylation sites (tertiary alicyclic amines) is 1. The van der Waals surface area contributed by atoms with E-state index in [1.54, 1.807) is 25.3 Å². The molecule has 1 aliphatic rings. The molecule has 1 fully saturated rings. The van der Waals surface area contributed by atoms with Crippen molar-refractivity contribution < 1.29 is 24.2 Å². The highest BCUT2D eigenvalue weighted by molar-refractivity contribution is 6.47. The maximum atomic E-state index is 13.1. The van der Waals surface area contributed by atoms with Gasteiger partial charge in [0.25, 0.3) is 11.7 Å². The van der Waals surface area contributed by atoms with E-state index in [-0.39, 0.29) is 21.9 Å². The van der Waals surface area contributed by atoms with E-state index in [1.165, 1.54) is 4.90 Å². The van der Waals surface area contributed by atoms with Gasteiger partial charge in [0.15, 0.2) is 0 Å². The van der Waals surface area contributed by atoms with Crippen molar-refractivity contribution in [2.24, 2.45) is 0 Å². The standard InChI is InChI=1S/C25H28ClNO5/c1-4-16-7-9-17(10-8-16)22-21(24(29)25(30)27(22)13-6-14-31-3)23(28)19-15-18(32-5-2)11-12-20(19)26/h7-12,15,22,28H,4-6,13-14H2,1-3H3/b23-21+. The second kappa shape index (κ2) is 10.7. The molecule has 1 saturated heterocycles. The van der Waals surface area contributed by atoms with E-state index in [1.807, 2.05) is 31.2 Å². The largest absolute Gasteiger partial charge is 0.507 e. The van der Waals surface area contributed by atoms with Crippen LogP contribution in [0.15, 0.2) is 48.0 Å². The molecule has 1 N–H and O–H groups in total. The summed E-state index contributed by atoms with van der Waals surface area (Å²) in [6.45, 7) is 5.11. The van der Waals surface area contributed by atoms with Crippen LogP contribution in [0.25, 0.3) is 5.76 Å². The summed E-state index contributed by atoms with van der Waals surface area (Å²) < 4.78 is 10.6. The van der Waals surface area contributed by atoms with E-state index in [2.05, 4.69) is 6.92 Å². The summed E-state index contributed by atoms with van der Waals surface area (Å²) in [5.74, 6) is -1.18. The fourth-order valence-electron chi connectivity index (χ4n) is 3.86. The number of hydrogen-bond donors (Lipinski definition) is 1. The first kappa shape index (κ1) is 23.8. The van der Waals surface area contributed by atoms with Gasteiger partial charge in [0.2, 0.25) is 0 Å². The van der Waals surface area contributed by atoms with Gasteiger partial charge in [-0.25, -0.2) is 0 Å². The molecule has 1 aliphatic heterocycles. The zero-order valence-corrected chi connectivity index (χ0v) is 19.3. The summed E-state index contributed by atoms with van der Waals surface area (Å²) in [5.41, 5.74) is 2.16. The molecule has 6 nitrogen and oxygen atoms in total. The van der Waals surface area contributed by atoms with Crippen LogP contribution in [-0.4, -0.2) is 48.6 Å². The number of methoxy groups -OCH3 is 1. The minimum absolute atomic E-state index is 0.0206. The van der Waals surface area contributed by atoms with Crippen LogP contribution in [0.5, 0.6) is 5.75 Å². The first-order chi connectivity index (χ1) is 15.4. The fourth-order valence-corrected chi connectivity index (χ4v) is 4.07. The summed E-state index contributed by atoms with van der Waals surface area (Å²) in [6.07, 6.45) is 1.43. The van der Waals surface area contributed by atoms with E-state index in [4.69, 9.17) is 21.1 Å². The van der Waals surface area contributed by atoms with Crippen LogP contribution in [0.4, 0.5) is 0 Å². The Morgan fingerprint density at radius 1 is 1.12 bits per heavy atom. The normalized spacial score (nSPS) is 17.8. The van der Waals surface area contributed by atoms with Gasteiger partial charge in [-0.3, -0.25) is 9.59 Å². The van der Waals surface area contributed by atoms with Crippen LogP contribution in [0.2, 0.25) is 5.02 Å². The predicted octanol–water partition coefficient (Wildman–Crippen LogP) is 4.76. The molecule has 1 unspecified atom stereocenters. The maximum absolute atomic E-state index is 13.1. The van der Waals surface area contributed by atoms with Gasteiger partial charge in [0.1, 0.15) is 11.5 Å². The van der Waals surface area contributed by atoms with E-state index in [0.717, 1.165) is 17.5 Å². The first-order valence-electron chi connectivity index (χ1n) is 10.7. The lowest BCUT2D eigenvalue weighted by atomic mass is 9.94. The van der Waals surface area contributed by atoms with Gasteiger partial charge < -0.3 is 19.5 Å². The molecule has 0 spiro atoms. The quantitative estimate of drug-likeness (QED) is 0.254. The number of hydrogen-bond acceptors (Lipinski definition) is 5. The monoisotopic (exact) mass is 457 g/mol. The van der Waals surface area contributed by atoms with Gasteiger partial charge in [-0.1, -0.05) is 42.8 Å². The number of carbonyl (C=O) groups is 2. The van der Waals surface area contributed by atoms with Crippen LogP contribution in [0, 0.1) is 0 Å². The van der Waals surface area contributed by atoms with Crippen molar-refractivity contribution in [2.75, 3.05) is 26.9 Å². The fraction of sp³-hybridized carbons (Fsp3) is 0.360. The number of halogens is 1. The molecule has 2 aromatic rings. The number of carbonyl (C=O) groups excluding carboxylic acids is 2. The minimum Gasteiger partial charge on any atom is -0.507 e. The molecule has 1 amide bonds. The Morgan fingerprint density at radius 3 is 2.47 bits per heavy atom. The number of ether oxygens (including phenoxy) is 2. The molecule has 2 aromatic carbocycles. The number of Topliss-reactive ketones (excluding diaryl/α,β-unsaturated/α-hetero) is 1. The van der Waals surface area contributed by atoms with Crippen LogP contribution >= 0.6 is 11.6 Å². The zero-order chi connectivity index (χ0) is 23.3. The number of rotatable bonds is 9. The molecule has 0 radical (unpaired) electrons. The minimum atomic E-state index is -0.734. The Labute approximate surface area is 193 Å². The molecule has 0 saturated carbocycles. The third-order valence-corrected chi connectivity index (χ3v) is 5.82. The molecule has 0 aromatic heterocycles. The van der Waals surface area contributed by atoms with Crippen LogP contribution in [0.1, 0.15) is 43.0 Å². The number of ketones is 1. The molecule has 3 rings (SSSR count). The van der Waals surface area contributed by atoms with Gasteiger partial charge >= 0.3 is 0 Å². The van der Waals surface area contributed by atoms with Crippen molar-refractivity contribution >= 4 is 29.1 Å². The van der Waals surface area contributed by atoms with E-state index in [9.17, 15) is 14.7 Å². The third-order valence-electron chi connectivity index (χ3n) is 5.50. The molecule has 1 heterocycles. The summed E-state index contributed by atoms with van der Waals surface area (Å²) >= 11 is 6.35. The smallest absolute Gasteiger partial charge is 0.295 e. The SMILES string of the molecule is CCOc1ccc(Cl)c(/C(O)=C2\C(=O)C(=O)N(CCCOC)C2c2ccc(CC)cc2)c1. The summed E-state index contributed by atoms with van der Waals surface area (Å²) in [6, 6.07) is 11.9. The molecule has 1 atom stereocenters. The lowest BCUT2D eigenvalue weighted by Gasteiger charge is -2.25. The number of aliphatic hydroxyl groups excluding tert-OH is 1. The predicted molar refractivity (Wildman–Crippen MR) is 124 cm³/mol. The molecular weight excluding hydrogens is 430 g/mol. The van der Waals surface area contributed by atoms with Gasteiger partial charge in [0.05, 0.1) is 23.2 Å². The molecule has 170 valence electrons. The lowest BCUT2D eigenvalue weighted by Crippen LogP contribution is -2.31. The van der Waals surface area contributed by atoms with E-state index >= 15 is 0 Å². The average molecular weight is 458 g/mol. The lowest BCUT2D eigenvalue weighted by molar-refractivity contribution is -0.140. The maximum Gasteiger partial charge on any atom is 0.295 e. The molecule has 0 bridgehead atoms. The zero-order valence-electron chi connectivity index (χ0n) is 18.6. The highest BCUT2D eigenvalue weighted by Gasteiger charge is 2.46. The summed E-state index contributed by atoms with van der Waals surface area (Å²) in [4.78, 5) is 27.5. The number of nitrogens with zero attached hydrogens (tertiary/aromatic N) is 1. The van der Waals surface area contributed by atoms with Crippen LogP contribution in [-0.2, 0) is 20.7 Å². The Morgan fingerprint density at radius 2 is 1.84 bits per heavy atom. The highest BCUT2D eigenvalue weighted by atomic mass is 35.5. The van der Waals surface area contributed by atoms with Gasteiger partial charge in [-0.05, 0) is 49.1 Å².